The van der Waals surface area contributed by atoms with Crippen LogP contribution < -0.4 is 10.2 Å². The molecule has 8 nitrogen and oxygen atoms in total. The van der Waals surface area contributed by atoms with E-state index in [1.165, 1.54) is 12.8 Å². The number of anilines is 1. The molecule has 2 saturated carbocycles. The van der Waals surface area contributed by atoms with Crippen molar-refractivity contribution in [2.75, 3.05) is 50.9 Å². The van der Waals surface area contributed by atoms with Gasteiger partial charge in [0.05, 0.1) is 30.9 Å². The maximum absolute atomic E-state index is 13.2. The average molecular weight is 443 g/mol. The van der Waals surface area contributed by atoms with Crippen LogP contribution in [0.4, 0.5) is 5.82 Å². The number of morpholine rings is 1. The molecular formula is C24H34N4O4. The van der Waals surface area contributed by atoms with Crippen LogP contribution in [0.15, 0.2) is 18.3 Å². The van der Waals surface area contributed by atoms with Gasteiger partial charge in [0.25, 0.3) is 5.91 Å². The van der Waals surface area contributed by atoms with E-state index in [1.54, 1.807) is 13.1 Å². The Labute approximate surface area is 189 Å². The minimum atomic E-state index is -0.00849. The van der Waals surface area contributed by atoms with Gasteiger partial charge in [-0.1, -0.05) is 0 Å². The van der Waals surface area contributed by atoms with Crippen molar-refractivity contribution in [3.63, 3.8) is 0 Å². The van der Waals surface area contributed by atoms with E-state index < -0.39 is 0 Å². The molecule has 0 spiro atoms. The molecule has 4 atom stereocenters. The smallest absolute Gasteiger partial charge is 0.255 e. The number of nitrogens with zero attached hydrogens (tertiary/aromatic N) is 3. The monoisotopic (exact) mass is 442 g/mol. The Morgan fingerprint density at radius 3 is 2.56 bits per heavy atom. The highest BCUT2D eigenvalue weighted by molar-refractivity contribution is 5.94. The lowest BCUT2D eigenvalue weighted by Gasteiger charge is -2.38. The summed E-state index contributed by atoms with van der Waals surface area (Å²) in [5, 5.41) is 3.11. The molecule has 0 unspecified atom stereocenters. The zero-order valence-electron chi connectivity index (χ0n) is 18.9. The lowest BCUT2D eigenvalue weighted by Crippen LogP contribution is -2.50. The molecule has 3 heterocycles. The fourth-order valence-electron chi connectivity index (χ4n) is 5.40. The van der Waals surface area contributed by atoms with Gasteiger partial charge in [-0.15, -0.1) is 0 Å². The van der Waals surface area contributed by atoms with Gasteiger partial charge < -0.3 is 24.6 Å². The average Bonchev–Trinajstić information content (AvgIpc) is 3.55. The van der Waals surface area contributed by atoms with E-state index in [0.717, 1.165) is 51.4 Å². The molecule has 0 bridgehead atoms. The number of amides is 2. The summed E-state index contributed by atoms with van der Waals surface area (Å²) < 4.78 is 11.6. The van der Waals surface area contributed by atoms with Crippen molar-refractivity contribution >= 4 is 17.6 Å². The molecule has 0 radical (unpaired) electrons. The number of hydrogen-bond donors (Lipinski definition) is 1. The quantitative estimate of drug-likeness (QED) is 0.722. The van der Waals surface area contributed by atoms with Crippen LogP contribution >= 0.6 is 0 Å². The molecular weight excluding hydrogens is 408 g/mol. The van der Waals surface area contributed by atoms with Gasteiger partial charge >= 0.3 is 0 Å². The first-order chi connectivity index (χ1) is 15.6. The minimum Gasteiger partial charge on any atom is -0.378 e. The molecule has 4 aliphatic rings. The molecule has 2 aliphatic carbocycles. The number of rotatable bonds is 6. The number of fused-ring (bicyclic) bond motifs is 1. The minimum absolute atomic E-state index is 0.00849. The van der Waals surface area contributed by atoms with Gasteiger partial charge in [0.1, 0.15) is 5.82 Å². The highest BCUT2D eigenvalue weighted by atomic mass is 16.5. The summed E-state index contributed by atoms with van der Waals surface area (Å²) in [5.41, 5.74) is 0.639. The number of pyridine rings is 1. The molecule has 174 valence electrons. The molecule has 1 aromatic heterocycles. The van der Waals surface area contributed by atoms with Crippen LogP contribution in [0.5, 0.6) is 0 Å². The van der Waals surface area contributed by atoms with Gasteiger partial charge in [-0.2, -0.15) is 0 Å². The molecule has 4 fully saturated rings. The third-order valence-corrected chi connectivity index (χ3v) is 7.37. The summed E-state index contributed by atoms with van der Waals surface area (Å²) >= 11 is 0. The maximum atomic E-state index is 13.2. The topological polar surface area (TPSA) is 84.0 Å². The van der Waals surface area contributed by atoms with E-state index in [-0.39, 0.29) is 24.0 Å². The second-order valence-electron chi connectivity index (χ2n) is 9.83. The summed E-state index contributed by atoms with van der Waals surface area (Å²) in [6, 6.07) is 3.87. The first kappa shape index (κ1) is 21.6. The molecule has 1 N–H and O–H groups in total. The highest BCUT2D eigenvalue weighted by Gasteiger charge is 2.44. The maximum Gasteiger partial charge on any atom is 0.255 e. The highest BCUT2D eigenvalue weighted by Crippen LogP contribution is 2.39. The van der Waals surface area contributed by atoms with Gasteiger partial charge in [0.2, 0.25) is 5.91 Å². The Balaban J connectivity index is 1.21. The van der Waals surface area contributed by atoms with Crippen molar-refractivity contribution in [2.45, 2.75) is 44.8 Å². The van der Waals surface area contributed by atoms with Gasteiger partial charge in [-0.25, -0.2) is 4.98 Å². The predicted molar refractivity (Wildman–Crippen MR) is 119 cm³/mol. The van der Waals surface area contributed by atoms with Crippen LogP contribution in [0.1, 0.15) is 43.0 Å². The van der Waals surface area contributed by atoms with Crippen LogP contribution in [-0.4, -0.2) is 79.8 Å². The molecule has 2 saturated heterocycles. The lowest BCUT2D eigenvalue weighted by molar-refractivity contribution is -0.122. The Kier molecular flexibility index (Phi) is 6.33. The zero-order valence-corrected chi connectivity index (χ0v) is 18.9. The van der Waals surface area contributed by atoms with E-state index in [0.29, 0.717) is 36.5 Å². The van der Waals surface area contributed by atoms with Gasteiger partial charge in [-0.3, -0.25) is 9.59 Å². The molecule has 0 aromatic carbocycles. The summed E-state index contributed by atoms with van der Waals surface area (Å²) in [7, 11) is 0. The van der Waals surface area contributed by atoms with E-state index >= 15 is 0 Å². The Morgan fingerprint density at radius 1 is 1.16 bits per heavy atom. The molecule has 2 amide bonds. The normalized spacial score (nSPS) is 30.2. The number of carbonyl (C=O) groups is 2. The van der Waals surface area contributed by atoms with Crippen molar-refractivity contribution in [3.8, 4) is 0 Å². The van der Waals surface area contributed by atoms with Crippen LogP contribution in [-0.2, 0) is 14.3 Å². The number of nitrogens with one attached hydrogen (secondary N) is 1. The first-order valence-corrected chi connectivity index (χ1v) is 12.0. The van der Waals surface area contributed by atoms with Crippen LogP contribution in [0, 0.1) is 17.8 Å². The number of aromatic nitrogens is 1. The number of hydrogen-bond acceptors (Lipinski definition) is 6. The summed E-state index contributed by atoms with van der Waals surface area (Å²) in [4.78, 5) is 33.6. The Hall–Kier alpha value is -2.19. The number of carbonyl (C=O) groups excluding carboxylic acids is 2. The summed E-state index contributed by atoms with van der Waals surface area (Å²) in [6.45, 7) is 6.94. The second-order valence-corrected chi connectivity index (χ2v) is 9.83. The standard InChI is InChI=1S/C24H34N4O4/c1-16(29)26-21-10-19-13-28(14-20(19)11-22(21)32-15-17-2-3-17)24(30)18-4-5-23(25-12-18)27-6-8-31-9-7-27/h4-5,12,17,19-22H,2-3,6-11,13-15H2,1H3,(H,26,29)/t19-,20+,21-,22-/m1/s1. The first-order valence-electron chi connectivity index (χ1n) is 12.0. The fraction of sp³-hybridized carbons (Fsp3) is 0.708. The second kappa shape index (κ2) is 9.35. The zero-order chi connectivity index (χ0) is 22.1. The van der Waals surface area contributed by atoms with Gasteiger partial charge in [0.15, 0.2) is 0 Å². The molecule has 5 rings (SSSR count). The van der Waals surface area contributed by atoms with Gasteiger partial charge in [-0.05, 0) is 55.6 Å². The van der Waals surface area contributed by atoms with E-state index in [1.807, 2.05) is 17.0 Å². The van der Waals surface area contributed by atoms with Crippen molar-refractivity contribution in [1.29, 1.82) is 0 Å². The Morgan fingerprint density at radius 2 is 1.91 bits per heavy atom. The van der Waals surface area contributed by atoms with Gasteiger partial charge in [0, 0.05) is 45.9 Å². The predicted octanol–water partition coefficient (Wildman–Crippen LogP) is 1.70. The largest absolute Gasteiger partial charge is 0.378 e. The van der Waals surface area contributed by atoms with E-state index in [2.05, 4.69) is 15.2 Å². The third kappa shape index (κ3) is 4.91. The third-order valence-electron chi connectivity index (χ3n) is 7.37. The SMILES string of the molecule is CC(=O)N[C@@H]1C[C@@H]2CN(C(=O)c3ccc(N4CCOCC4)nc3)C[C@@H]2C[C@H]1OCC1CC1. The van der Waals surface area contributed by atoms with Crippen LogP contribution in [0.2, 0.25) is 0 Å². The van der Waals surface area contributed by atoms with Crippen molar-refractivity contribution in [1.82, 2.24) is 15.2 Å². The van der Waals surface area contributed by atoms with E-state index in [9.17, 15) is 9.59 Å². The van der Waals surface area contributed by atoms with E-state index in [4.69, 9.17) is 9.47 Å². The fourth-order valence-corrected chi connectivity index (χ4v) is 5.40. The summed E-state index contributed by atoms with van der Waals surface area (Å²) in [6.07, 6.45) is 6.04. The van der Waals surface area contributed by atoms with Crippen molar-refractivity contribution in [2.24, 2.45) is 17.8 Å². The molecule has 32 heavy (non-hydrogen) atoms. The van der Waals surface area contributed by atoms with Crippen LogP contribution in [0.3, 0.4) is 0 Å². The number of likely N-dealkylation sites (tertiary alicyclic amines) is 1. The van der Waals surface area contributed by atoms with Crippen molar-refractivity contribution in [3.05, 3.63) is 23.9 Å². The molecule has 8 heteroatoms. The molecule has 2 aliphatic heterocycles. The Bertz CT molecular complexity index is 822. The van der Waals surface area contributed by atoms with Crippen LogP contribution in [0.25, 0.3) is 0 Å². The lowest BCUT2D eigenvalue weighted by atomic mass is 9.77. The number of ether oxygens (including phenoxy) is 2. The van der Waals surface area contributed by atoms with Crippen molar-refractivity contribution < 1.29 is 19.1 Å². The molecule has 1 aromatic rings. The summed E-state index contributed by atoms with van der Waals surface area (Å²) in [5.74, 6) is 2.46.